The number of aromatic nitrogens is 2. The maximum absolute atomic E-state index is 12.2. The number of hydrogen-bond donors (Lipinski definition) is 1. The van der Waals surface area contributed by atoms with Crippen LogP contribution in [0.4, 0.5) is 13.2 Å². The molecule has 1 atom stereocenters. The molecule has 1 saturated heterocycles. The number of likely N-dealkylation sites (tertiary alicyclic amines) is 1. The molecule has 1 aliphatic heterocycles. The van der Waals surface area contributed by atoms with E-state index in [0.29, 0.717) is 12.5 Å². The molecule has 1 aromatic rings. The van der Waals surface area contributed by atoms with Crippen LogP contribution in [-0.2, 0) is 12.7 Å². The molecule has 2 N–H and O–H groups in total. The van der Waals surface area contributed by atoms with Crippen LogP contribution in [-0.4, -0.2) is 34.7 Å². The lowest BCUT2D eigenvalue weighted by molar-refractivity contribution is -0.146. The lowest BCUT2D eigenvalue weighted by Gasteiger charge is -2.12. The van der Waals surface area contributed by atoms with Gasteiger partial charge in [0.2, 0.25) is 5.89 Å². The van der Waals surface area contributed by atoms with Crippen LogP contribution in [0.25, 0.3) is 0 Å². The van der Waals surface area contributed by atoms with E-state index in [0.717, 1.165) is 19.5 Å². The van der Waals surface area contributed by atoms with Crippen LogP contribution < -0.4 is 5.73 Å². The Morgan fingerprint density at radius 2 is 2.24 bits per heavy atom. The van der Waals surface area contributed by atoms with Crippen molar-refractivity contribution in [3.8, 4) is 0 Å². The molecule has 1 aromatic heterocycles. The average Bonchev–Trinajstić information content (AvgIpc) is 2.86. The summed E-state index contributed by atoms with van der Waals surface area (Å²) in [4.78, 5) is 5.28. The van der Waals surface area contributed by atoms with Crippen molar-refractivity contribution in [3.63, 3.8) is 0 Å². The van der Waals surface area contributed by atoms with Gasteiger partial charge in [-0.3, -0.25) is 4.90 Å². The van der Waals surface area contributed by atoms with Gasteiger partial charge in [0.1, 0.15) is 0 Å². The maximum Gasteiger partial charge on any atom is 0.455 e. The highest BCUT2D eigenvalue weighted by molar-refractivity contribution is 4.91. The van der Waals surface area contributed by atoms with E-state index in [2.05, 4.69) is 14.7 Å². The highest BCUT2D eigenvalue weighted by Gasteiger charge is 2.37. The van der Waals surface area contributed by atoms with Crippen molar-refractivity contribution < 1.29 is 17.7 Å². The summed E-state index contributed by atoms with van der Waals surface area (Å²) in [5.74, 6) is -0.822. The van der Waals surface area contributed by atoms with Crippen LogP contribution in [0.1, 0.15) is 18.1 Å². The molecule has 0 aliphatic carbocycles. The Hall–Kier alpha value is -1.15. The molecule has 2 heterocycles. The zero-order valence-electron chi connectivity index (χ0n) is 9.07. The number of rotatable bonds is 3. The molecule has 1 fully saturated rings. The van der Waals surface area contributed by atoms with Crippen molar-refractivity contribution in [2.24, 2.45) is 11.7 Å². The van der Waals surface area contributed by atoms with Crippen LogP contribution in [0.3, 0.4) is 0 Å². The van der Waals surface area contributed by atoms with Crippen molar-refractivity contribution in [1.29, 1.82) is 0 Å². The van der Waals surface area contributed by atoms with Gasteiger partial charge in [0, 0.05) is 6.54 Å². The van der Waals surface area contributed by atoms with Crippen LogP contribution in [0, 0.1) is 5.92 Å². The molecule has 0 aromatic carbocycles. The Morgan fingerprint density at radius 3 is 2.76 bits per heavy atom. The Bertz CT molecular complexity index is 379. The number of alkyl halides is 3. The molecule has 17 heavy (non-hydrogen) atoms. The molecule has 0 unspecified atom stereocenters. The van der Waals surface area contributed by atoms with E-state index < -0.39 is 12.0 Å². The predicted molar refractivity (Wildman–Crippen MR) is 51.7 cm³/mol. The van der Waals surface area contributed by atoms with Gasteiger partial charge in [-0.2, -0.15) is 18.2 Å². The smallest absolute Gasteiger partial charge is 0.338 e. The molecule has 1 aliphatic rings. The second-order valence-electron chi connectivity index (χ2n) is 4.14. The summed E-state index contributed by atoms with van der Waals surface area (Å²) in [6.45, 7) is 2.40. The molecule has 96 valence electrons. The van der Waals surface area contributed by atoms with Crippen molar-refractivity contribution in [1.82, 2.24) is 15.0 Å². The molecular weight excluding hydrogens is 237 g/mol. The monoisotopic (exact) mass is 250 g/mol. The van der Waals surface area contributed by atoms with Crippen molar-refractivity contribution >= 4 is 0 Å². The van der Waals surface area contributed by atoms with Gasteiger partial charge in [-0.25, -0.2) is 0 Å². The minimum absolute atomic E-state index is 0.00463. The van der Waals surface area contributed by atoms with Crippen LogP contribution in [0.15, 0.2) is 4.52 Å². The zero-order chi connectivity index (χ0) is 12.5. The first kappa shape index (κ1) is 12.3. The van der Waals surface area contributed by atoms with E-state index in [4.69, 9.17) is 5.73 Å². The lowest BCUT2D eigenvalue weighted by atomic mass is 10.1. The molecule has 0 spiro atoms. The third-order valence-electron chi connectivity index (χ3n) is 2.78. The molecule has 8 heteroatoms. The third kappa shape index (κ3) is 2.95. The Morgan fingerprint density at radius 1 is 1.47 bits per heavy atom. The summed E-state index contributed by atoms with van der Waals surface area (Å²) in [6, 6.07) is 0. The van der Waals surface area contributed by atoms with Crippen LogP contribution in [0.5, 0.6) is 0 Å². The molecule has 0 radical (unpaired) electrons. The highest BCUT2D eigenvalue weighted by Crippen LogP contribution is 2.26. The van der Waals surface area contributed by atoms with E-state index in [1.54, 1.807) is 0 Å². The molecule has 0 amide bonds. The molecule has 5 nitrogen and oxygen atoms in total. The average molecular weight is 250 g/mol. The fraction of sp³-hybridized carbons (Fsp3) is 0.778. The second-order valence-corrected chi connectivity index (χ2v) is 4.14. The second kappa shape index (κ2) is 4.61. The minimum atomic E-state index is -4.55. The Balaban J connectivity index is 1.94. The normalized spacial score (nSPS) is 22.2. The third-order valence-corrected chi connectivity index (χ3v) is 2.78. The van der Waals surface area contributed by atoms with Crippen molar-refractivity contribution in [2.75, 3.05) is 19.6 Å². The van der Waals surface area contributed by atoms with Crippen LogP contribution >= 0.6 is 0 Å². The van der Waals surface area contributed by atoms with E-state index in [1.807, 2.05) is 4.90 Å². The van der Waals surface area contributed by atoms with Crippen LogP contribution in [0.2, 0.25) is 0 Å². The summed E-state index contributed by atoms with van der Waals surface area (Å²) >= 11 is 0. The standard InChI is InChI=1S/C9H13F3N4O/c10-9(11,12)8-14-7(17-15-8)5-16-2-1-6(3-13)4-16/h6H,1-5,13H2/t6-/m1/s1. The van der Waals surface area contributed by atoms with Gasteiger partial charge in [0.05, 0.1) is 6.54 Å². The zero-order valence-corrected chi connectivity index (χ0v) is 9.07. The van der Waals surface area contributed by atoms with Gasteiger partial charge in [-0.05, 0) is 25.4 Å². The minimum Gasteiger partial charge on any atom is -0.338 e. The first-order valence-electron chi connectivity index (χ1n) is 5.31. The van der Waals surface area contributed by atoms with E-state index in [-0.39, 0.29) is 12.4 Å². The molecule has 0 bridgehead atoms. The summed E-state index contributed by atoms with van der Waals surface area (Å²) in [5, 5.41) is 2.91. The summed E-state index contributed by atoms with van der Waals surface area (Å²) in [5.41, 5.74) is 5.52. The van der Waals surface area contributed by atoms with E-state index in [9.17, 15) is 13.2 Å². The van der Waals surface area contributed by atoms with Gasteiger partial charge in [-0.15, -0.1) is 0 Å². The maximum atomic E-state index is 12.2. The van der Waals surface area contributed by atoms with E-state index >= 15 is 0 Å². The van der Waals surface area contributed by atoms with Crippen molar-refractivity contribution in [2.45, 2.75) is 19.1 Å². The molecule has 0 saturated carbocycles. The number of nitrogens with zero attached hydrogens (tertiary/aromatic N) is 3. The van der Waals surface area contributed by atoms with Gasteiger partial charge < -0.3 is 10.3 Å². The topological polar surface area (TPSA) is 68.2 Å². The fourth-order valence-corrected chi connectivity index (χ4v) is 1.87. The van der Waals surface area contributed by atoms with Gasteiger partial charge in [0.25, 0.3) is 5.82 Å². The molecular formula is C9H13F3N4O. The number of halogens is 3. The Kier molecular flexibility index (Phi) is 3.34. The largest absolute Gasteiger partial charge is 0.455 e. The molecule has 2 rings (SSSR count). The SMILES string of the molecule is NC[C@H]1CCN(Cc2nc(C(F)(F)F)no2)C1. The first-order valence-corrected chi connectivity index (χ1v) is 5.31. The van der Waals surface area contributed by atoms with Gasteiger partial charge in [0.15, 0.2) is 0 Å². The summed E-state index contributed by atoms with van der Waals surface area (Å²) in [6.07, 6.45) is -3.59. The quantitative estimate of drug-likeness (QED) is 0.862. The number of nitrogens with two attached hydrogens (primary N) is 1. The number of hydrogen-bond acceptors (Lipinski definition) is 5. The summed E-state index contributed by atoms with van der Waals surface area (Å²) in [7, 11) is 0. The predicted octanol–water partition coefficient (Wildman–Crippen LogP) is 0.869. The van der Waals surface area contributed by atoms with E-state index in [1.165, 1.54) is 0 Å². The highest BCUT2D eigenvalue weighted by atomic mass is 19.4. The summed E-state index contributed by atoms with van der Waals surface area (Å²) < 4.78 is 41.2. The first-order chi connectivity index (χ1) is 7.99. The Labute approximate surface area is 95.8 Å². The van der Waals surface area contributed by atoms with Gasteiger partial charge in [-0.1, -0.05) is 5.16 Å². The lowest BCUT2D eigenvalue weighted by Crippen LogP contribution is -2.23. The van der Waals surface area contributed by atoms with Crippen molar-refractivity contribution in [3.05, 3.63) is 11.7 Å². The fourth-order valence-electron chi connectivity index (χ4n) is 1.87. The van der Waals surface area contributed by atoms with Gasteiger partial charge >= 0.3 is 6.18 Å².